The van der Waals surface area contributed by atoms with E-state index in [0.29, 0.717) is 21.2 Å². The minimum atomic E-state index is -0.528. The zero-order valence-corrected chi connectivity index (χ0v) is 19.0. The molecule has 0 aliphatic carbocycles. The molecule has 0 atom stereocenters. The normalized spacial score (nSPS) is 15.3. The summed E-state index contributed by atoms with van der Waals surface area (Å²) in [5.41, 5.74) is 2.56. The van der Waals surface area contributed by atoms with Crippen LogP contribution in [0, 0.1) is 0 Å². The molecule has 1 N–H and O–H groups in total. The van der Waals surface area contributed by atoms with Crippen LogP contribution in [0.25, 0.3) is 17.1 Å². The zero-order valence-electron chi connectivity index (χ0n) is 16.6. The van der Waals surface area contributed by atoms with Crippen LogP contribution in [0.5, 0.6) is 0 Å². The molecule has 1 aliphatic rings. The van der Waals surface area contributed by atoms with Gasteiger partial charge >= 0.3 is 5.69 Å². The lowest BCUT2D eigenvalue weighted by molar-refractivity contribution is -0.127. The molecule has 3 amide bonds. The highest BCUT2D eigenvalue weighted by molar-refractivity contribution is 9.10. The summed E-state index contributed by atoms with van der Waals surface area (Å²) in [6, 6.07) is 12.4. The first-order chi connectivity index (χ1) is 14.8. The molecule has 1 aliphatic heterocycles. The van der Waals surface area contributed by atoms with E-state index in [1.807, 2.05) is 6.07 Å². The number of benzene rings is 2. The fourth-order valence-corrected chi connectivity index (χ4v) is 4.52. The van der Waals surface area contributed by atoms with E-state index in [0.717, 1.165) is 22.2 Å². The number of nitrogens with zero attached hydrogens (tertiary/aromatic N) is 3. The van der Waals surface area contributed by atoms with Crippen molar-refractivity contribution < 1.29 is 14.4 Å². The number of rotatable bonds is 4. The fourth-order valence-electron chi connectivity index (χ4n) is 3.30. The monoisotopic (exact) mass is 500 g/mol. The third kappa shape index (κ3) is 3.96. The zero-order chi connectivity index (χ0) is 22.3. The SMILES string of the molecule is Cn1c(=O)n(C)c2cc(/C=C3/SC(=O)N(CC(=O)Nc4ccccc4Br)C3=O)ccc21. The van der Waals surface area contributed by atoms with E-state index in [4.69, 9.17) is 0 Å². The molecule has 1 fully saturated rings. The summed E-state index contributed by atoms with van der Waals surface area (Å²) >= 11 is 4.12. The number of aromatic nitrogens is 2. The predicted octanol–water partition coefficient (Wildman–Crippen LogP) is 3.31. The van der Waals surface area contributed by atoms with Crippen LogP contribution < -0.4 is 11.0 Å². The van der Waals surface area contributed by atoms with Crippen molar-refractivity contribution in [2.24, 2.45) is 14.1 Å². The molecule has 1 aromatic heterocycles. The molecule has 3 aromatic rings. The van der Waals surface area contributed by atoms with E-state index < -0.39 is 17.1 Å². The van der Waals surface area contributed by atoms with Gasteiger partial charge < -0.3 is 5.32 Å². The van der Waals surface area contributed by atoms with Gasteiger partial charge in [-0.25, -0.2) is 4.79 Å². The number of para-hydroxylation sites is 1. The summed E-state index contributed by atoms with van der Waals surface area (Å²) in [7, 11) is 3.36. The number of anilines is 1. The van der Waals surface area contributed by atoms with Crippen molar-refractivity contribution in [2.45, 2.75) is 0 Å². The Balaban J connectivity index is 1.54. The van der Waals surface area contributed by atoms with Gasteiger partial charge in [-0.05, 0) is 63.6 Å². The minimum absolute atomic E-state index is 0.150. The lowest BCUT2D eigenvalue weighted by atomic mass is 10.2. The molecule has 0 unspecified atom stereocenters. The summed E-state index contributed by atoms with van der Waals surface area (Å²) in [5, 5.41) is 2.17. The fraction of sp³-hybridized carbons (Fsp3) is 0.143. The summed E-state index contributed by atoms with van der Waals surface area (Å²) in [4.78, 5) is 50.7. The lowest BCUT2D eigenvalue weighted by Crippen LogP contribution is -2.36. The van der Waals surface area contributed by atoms with Crippen molar-refractivity contribution >= 4 is 67.5 Å². The molecule has 10 heteroatoms. The molecule has 31 heavy (non-hydrogen) atoms. The van der Waals surface area contributed by atoms with Crippen LogP contribution in [0.15, 0.2) is 56.6 Å². The third-order valence-electron chi connectivity index (χ3n) is 4.92. The Kier molecular flexibility index (Phi) is 5.59. The quantitative estimate of drug-likeness (QED) is 0.554. The van der Waals surface area contributed by atoms with E-state index in [1.54, 1.807) is 56.6 Å². The maximum Gasteiger partial charge on any atom is 0.328 e. The van der Waals surface area contributed by atoms with E-state index in [2.05, 4.69) is 21.2 Å². The molecule has 158 valence electrons. The molecule has 8 nitrogen and oxygen atoms in total. The molecule has 0 spiro atoms. The minimum Gasteiger partial charge on any atom is -0.324 e. The van der Waals surface area contributed by atoms with E-state index in [-0.39, 0.29) is 17.1 Å². The molecule has 0 saturated carbocycles. The van der Waals surface area contributed by atoms with Gasteiger partial charge in [0.1, 0.15) is 6.54 Å². The first-order valence-electron chi connectivity index (χ1n) is 9.21. The summed E-state index contributed by atoms with van der Waals surface area (Å²) in [6.07, 6.45) is 1.59. The second-order valence-corrected chi connectivity index (χ2v) is 8.79. The predicted molar refractivity (Wildman–Crippen MR) is 124 cm³/mol. The maximum atomic E-state index is 12.7. The topological polar surface area (TPSA) is 93.4 Å². The number of carbonyl (C=O) groups excluding carboxylic acids is 3. The molecule has 0 bridgehead atoms. The molecule has 2 heterocycles. The highest BCUT2D eigenvalue weighted by Crippen LogP contribution is 2.32. The van der Waals surface area contributed by atoms with Gasteiger partial charge in [-0.15, -0.1) is 0 Å². The molecule has 0 radical (unpaired) electrons. The second kappa shape index (κ2) is 8.20. The van der Waals surface area contributed by atoms with Crippen LogP contribution >= 0.6 is 27.7 Å². The lowest BCUT2D eigenvalue weighted by Gasteiger charge is -2.13. The number of imide groups is 1. The van der Waals surface area contributed by atoms with E-state index in [1.165, 1.54) is 9.13 Å². The van der Waals surface area contributed by atoms with Crippen molar-refractivity contribution in [2.75, 3.05) is 11.9 Å². The Morgan fingerprint density at radius 3 is 2.52 bits per heavy atom. The summed E-state index contributed by atoms with van der Waals surface area (Å²) in [6.45, 7) is -0.379. The average molecular weight is 501 g/mol. The number of halogens is 1. The van der Waals surface area contributed by atoms with Gasteiger partial charge in [0.25, 0.3) is 11.1 Å². The van der Waals surface area contributed by atoms with Gasteiger partial charge in [0, 0.05) is 18.6 Å². The van der Waals surface area contributed by atoms with Gasteiger partial charge in [-0.3, -0.25) is 28.4 Å². The number of thioether (sulfide) groups is 1. The first kappa shape index (κ1) is 21.1. The Hall–Kier alpha value is -3.11. The van der Waals surface area contributed by atoms with Crippen LogP contribution in [0.3, 0.4) is 0 Å². The number of carbonyl (C=O) groups is 3. The Labute approximate surface area is 189 Å². The van der Waals surface area contributed by atoms with E-state index >= 15 is 0 Å². The largest absolute Gasteiger partial charge is 0.328 e. The molecular weight excluding hydrogens is 484 g/mol. The molecule has 1 saturated heterocycles. The summed E-state index contributed by atoms with van der Waals surface area (Å²) < 4.78 is 3.75. The number of hydrogen-bond donors (Lipinski definition) is 1. The smallest absolute Gasteiger partial charge is 0.324 e. The van der Waals surface area contributed by atoms with Crippen molar-refractivity contribution in [1.29, 1.82) is 0 Å². The third-order valence-corrected chi connectivity index (χ3v) is 6.52. The van der Waals surface area contributed by atoms with Crippen LogP contribution in [-0.4, -0.2) is 37.6 Å². The standard InChI is InChI=1S/C21H17BrN4O4S/c1-24-15-8-7-12(9-16(15)25(2)20(24)29)10-17-19(28)26(21(30)31-17)11-18(27)23-14-6-4-3-5-13(14)22/h3-10H,11H2,1-2H3,(H,23,27)/b17-10+. The van der Waals surface area contributed by atoms with Crippen LogP contribution in [-0.2, 0) is 23.7 Å². The Morgan fingerprint density at radius 2 is 1.77 bits per heavy atom. The number of hydrogen-bond acceptors (Lipinski definition) is 5. The van der Waals surface area contributed by atoms with E-state index in [9.17, 15) is 19.2 Å². The van der Waals surface area contributed by atoms with Gasteiger partial charge in [-0.2, -0.15) is 0 Å². The van der Waals surface area contributed by atoms with Gasteiger partial charge in [0.15, 0.2) is 0 Å². The number of imidazole rings is 1. The number of fused-ring (bicyclic) bond motifs is 1. The van der Waals surface area contributed by atoms with Gasteiger partial charge in [-0.1, -0.05) is 18.2 Å². The molecule has 4 rings (SSSR count). The highest BCUT2D eigenvalue weighted by atomic mass is 79.9. The first-order valence-corrected chi connectivity index (χ1v) is 10.8. The van der Waals surface area contributed by atoms with Crippen molar-refractivity contribution in [3.63, 3.8) is 0 Å². The average Bonchev–Trinajstić information content (AvgIpc) is 3.12. The summed E-state index contributed by atoms with van der Waals surface area (Å²) in [5.74, 6) is -1.00. The van der Waals surface area contributed by atoms with Crippen LogP contribution in [0.2, 0.25) is 0 Å². The maximum absolute atomic E-state index is 12.7. The Bertz CT molecular complexity index is 1340. The second-order valence-electron chi connectivity index (χ2n) is 6.94. The van der Waals surface area contributed by atoms with Gasteiger partial charge in [0.2, 0.25) is 5.91 Å². The number of aryl methyl sites for hydroxylation is 2. The van der Waals surface area contributed by atoms with Crippen molar-refractivity contribution in [3.8, 4) is 0 Å². The molecular formula is C21H17BrN4O4S. The van der Waals surface area contributed by atoms with Gasteiger partial charge in [0.05, 0.1) is 21.6 Å². The van der Waals surface area contributed by atoms with Crippen molar-refractivity contribution in [3.05, 3.63) is 67.9 Å². The van der Waals surface area contributed by atoms with Crippen LogP contribution in [0.4, 0.5) is 10.5 Å². The number of amides is 3. The van der Waals surface area contributed by atoms with Crippen LogP contribution in [0.1, 0.15) is 5.56 Å². The number of nitrogens with one attached hydrogen (secondary N) is 1. The van der Waals surface area contributed by atoms with Crippen molar-refractivity contribution in [1.82, 2.24) is 14.0 Å². The molecule has 2 aromatic carbocycles. The highest BCUT2D eigenvalue weighted by Gasteiger charge is 2.36. The Morgan fingerprint density at radius 1 is 1.06 bits per heavy atom.